The molecule has 1 saturated carbocycles. The molecule has 3 aromatic carbocycles. The molecule has 1 aliphatic carbocycles. The zero-order valence-corrected chi connectivity index (χ0v) is 21.5. The first-order valence-corrected chi connectivity index (χ1v) is 13.3. The second kappa shape index (κ2) is 11.3. The molecule has 0 saturated heterocycles. The van der Waals surface area contributed by atoms with Crippen molar-refractivity contribution in [1.82, 2.24) is 25.1 Å². The van der Waals surface area contributed by atoms with Crippen LogP contribution in [0.15, 0.2) is 85.1 Å². The fraction of sp³-hybridized carbons (Fsp3) is 0.233. The number of hydrogen-bond acceptors (Lipinski definition) is 8. The molecule has 9 nitrogen and oxygen atoms in total. The van der Waals surface area contributed by atoms with Crippen molar-refractivity contribution < 1.29 is 9.63 Å². The summed E-state index contributed by atoms with van der Waals surface area (Å²) in [6.07, 6.45) is 8.02. The molecular weight excluding hydrogens is 490 g/mol. The standard InChI is InChI=1S/C30H29N7O2/c38-29(39-37-27-18-10-9-17-26(27)35-36-37)24-20-31-30(32-23-14-5-2-6-15-23)34-28(24)33-25-16-8-7-13-22(25)19-21-11-3-1-4-12-21/h1,3-4,7-13,16-18,20,23H,2,5-6,14-15,19H2,(H2,31,32,33,34). The summed E-state index contributed by atoms with van der Waals surface area (Å²) in [4.78, 5) is 29.3. The predicted molar refractivity (Wildman–Crippen MR) is 150 cm³/mol. The summed E-state index contributed by atoms with van der Waals surface area (Å²) in [5.41, 5.74) is 4.52. The van der Waals surface area contributed by atoms with Crippen molar-refractivity contribution in [2.45, 2.75) is 44.6 Å². The van der Waals surface area contributed by atoms with E-state index in [4.69, 9.17) is 9.82 Å². The Morgan fingerprint density at radius 2 is 1.69 bits per heavy atom. The van der Waals surface area contributed by atoms with Gasteiger partial charge in [-0.2, -0.15) is 4.98 Å². The maximum Gasteiger partial charge on any atom is 0.371 e. The van der Waals surface area contributed by atoms with Crippen molar-refractivity contribution in [1.29, 1.82) is 0 Å². The molecule has 1 fully saturated rings. The molecule has 0 radical (unpaired) electrons. The predicted octanol–water partition coefficient (Wildman–Crippen LogP) is 5.57. The fourth-order valence-electron chi connectivity index (χ4n) is 4.91. The van der Waals surface area contributed by atoms with Gasteiger partial charge in [-0.3, -0.25) is 0 Å². The minimum Gasteiger partial charge on any atom is -0.351 e. The van der Waals surface area contributed by atoms with Crippen molar-refractivity contribution in [2.75, 3.05) is 10.6 Å². The van der Waals surface area contributed by atoms with E-state index in [1.807, 2.05) is 48.5 Å². The van der Waals surface area contributed by atoms with E-state index in [-0.39, 0.29) is 5.56 Å². The monoisotopic (exact) mass is 519 g/mol. The van der Waals surface area contributed by atoms with Gasteiger partial charge in [0.15, 0.2) is 5.82 Å². The first kappa shape index (κ1) is 24.5. The summed E-state index contributed by atoms with van der Waals surface area (Å²) >= 11 is 0. The third kappa shape index (κ3) is 5.72. The maximum absolute atomic E-state index is 13.4. The largest absolute Gasteiger partial charge is 0.371 e. The third-order valence-corrected chi connectivity index (χ3v) is 6.95. The van der Waals surface area contributed by atoms with Crippen LogP contribution in [0.1, 0.15) is 53.6 Å². The second-order valence-electron chi connectivity index (χ2n) is 9.71. The molecule has 0 spiro atoms. The lowest BCUT2D eigenvalue weighted by Crippen LogP contribution is -2.25. The van der Waals surface area contributed by atoms with Gasteiger partial charge in [0.1, 0.15) is 16.6 Å². The lowest BCUT2D eigenvalue weighted by atomic mass is 9.96. The molecule has 2 heterocycles. The Morgan fingerprint density at radius 3 is 2.56 bits per heavy atom. The highest BCUT2D eigenvalue weighted by atomic mass is 16.7. The van der Waals surface area contributed by atoms with E-state index in [1.54, 1.807) is 12.1 Å². The van der Waals surface area contributed by atoms with Crippen LogP contribution >= 0.6 is 0 Å². The first-order valence-electron chi connectivity index (χ1n) is 13.3. The van der Waals surface area contributed by atoms with Gasteiger partial charge in [-0.15, -0.1) is 5.10 Å². The number of nitrogens with one attached hydrogen (secondary N) is 2. The van der Waals surface area contributed by atoms with Crippen LogP contribution in [-0.4, -0.2) is 37.1 Å². The average Bonchev–Trinajstić information content (AvgIpc) is 3.38. The fourth-order valence-corrected chi connectivity index (χ4v) is 4.91. The summed E-state index contributed by atoms with van der Waals surface area (Å²) in [5, 5.41) is 14.9. The third-order valence-electron chi connectivity index (χ3n) is 6.95. The van der Waals surface area contributed by atoms with Crippen LogP contribution in [0.3, 0.4) is 0 Å². The van der Waals surface area contributed by atoms with E-state index in [2.05, 4.69) is 44.1 Å². The van der Waals surface area contributed by atoms with Crippen LogP contribution in [0.25, 0.3) is 11.0 Å². The topological polar surface area (TPSA) is 107 Å². The summed E-state index contributed by atoms with van der Waals surface area (Å²) in [5.74, 6) is 0.198. The smallest absolute Gasteiger partial charge is 0.351 e. The van der Waals surface area contributed by atoms with Crippen molar-refractivity contribution in [2.24, 2.45) is 0 Å². The Labute approximate surface area is 226 Å². The lowest BCUT2D eigenvalue weighted by Gasteiger charge is -2.23. The molecule has 0 aliphatic heterocycles. The SMILES string of the molecule is O=C(On1nnc2ccccc21)c1cnc(NC2CCCCC2)nc1Nc1ccccc1Cc1ccccc1. The number of aromatic nitrogens is 5. The maximum atomic E-state index is 13.4. The number of anilines is 3. The van der Waals surface area contributed by atoms with Gasteiger partial charge >= 0.3 is 5.97 Å². The molecule has 5 aromatic rings. The Bertz CT molecular complexity index is 1580. The molecule has 0 bridgehead atoms. The van der Waals surface area contributed by atoms with E-state index in [0.29, 0.717) is 28.8 Å². The number of rotatable bonds is 8. The Balaban J connectivity index is 1.32. The molecule has 196 valence electrons. The van der Waals surface area contributed by atoms with Crippen LogP contribution in [0.5, 0.6) is 0 Å². The molecule has 2 aromatic heterocycles. The molecule has 0 atom stereocenters. The van der Waals surface area contributed by atoms with Gasteiger partial charge in [0.05, 0.1) is 0 Å². The Morgan fingerprint density at radius 1 is 0.923 bits per heavy atom. The Kier molecular flexibility index (Phi) is 7.11. The minimum atomic E-state index is -0.641. The highest BCUT2D eigenvalue weighted by molar-refractivity contribution is 5.96. The van der Waals surface area contributed by atoms with Crippen molar-refractivity contribution in [3.63, 3.8) is 0 Å². The van der Waals surface area contributed by atoms with Gasteiger partial charge in [0.25, 0.3) is 0 Å². The number of carbonyl (C=O) groups excluding carboxylic acids is 1. The number of hydrogen-bond donors (Lipinski definition) is 2. The normalized spacial score (nSPS) is 13.7. The number of fused-ring (bicyclic) bond motifs is 1. The molecule has 6 rings (SSSR count). The van der Waals surface area contributed by atoms with Gasteiger partial charge in [-0.25, -0.2) is 9.78 Å². The lowest BCUT2D eigenvalue weighted by molar-refractivity contribution is 0.0409. The Hall–Kier alpha value is -4.79. The molecule has 2 N–H and O–H groups in total. The highest BCUT2D eigenvalue weighted by Crippen LogP contribution is 2.27. The van der Waals surface area contributed by atoms with Crippen LogP contribution in [0.4, 0.5) is 17.5 Å². The highest BCUT2D eigenvalue weighted by Gasteiger charge is 2.22. The summed E-state index contributed by atoms with van der Waals surface area (Å²) < 4.78 is 0. The number of benzene rings is 3. The molecule has 9 heteroatoms. The number of para-hydroxylation sites is 2. The van der Waals surface area contributed by atoms with Gasteiger partial charge < -0.3 is 15.5 Å². The van der Waals surface area contributed by atoms with E-state index >= 15 is 0 Å². The van der Waals surface area contributed by atoms with E-state index < -0.39 is 5.97 Å². The van der Waals surface area contributed by atoms with Crippen molar-refractivity contribution in [3.8, 4) is 0 Å². The van der Waals surface area contributed by atoms with E-state index in [0.717, 1.165) is 35.4 Å². The molecule has 1 aliphatic rings. The summed E-state index contributed by atoms with van der Waals surface area (Å²) in [6.45, 7) is 0. The van der Waals surface area contributed by atoms with Gasteiger partial charge in [0.2, 0.25) is 5.95 Å². The second-order valence-corrected chi connectivity index (χ2v) is 9.71. The summed E-state index contributed by atoms with van der Waals surface area (Å²) in [6, 6.07) is 25.9. The van der Waals surface area contributed by atoms with Crippen molar-refractivity contribution >= 4 is 34.5 Å². The molecule has 39 heavy (non-hydrogen) atoms. The van der Waals surface area contributed by atoms with Gasteiger partial charge in [-0.05, 0) is 53.8 Å². The average molecular weight is 520 g/mol. The minimum absolute atomic E-state index is 0.193. The van der Waals surface area contributed by atoms with Crippen LogP contribution in [-0.2, 0) is 6.42 Å². The van der Waals surface area contributed by atoms with Crippen LogP contribution < -0.4 is 15.5 Å². The molecule has 0 amide bonds. The number of nitrogens with zero attached hydrogens (tertiary/aromatic N) is 5. The van der Waals surface area contributed by atoms with Gasteiger partial charge in [-0.1, -0.05) is 84.8 Å². The van der Waals surface area contributed by atoms with Crippen LogP contribution in [0, 0.1) is 0 Å². The quantitative estimate of drug-likeness (QED) is 0.256. The summed E-state index contributed by atoms with van der Waals surface area (Å²) in [7, 11) is 0. The zero-order valence-electron chi connectivity index (χ0n) is 21.5. The van der Waals surface area contributed by atoms with Crippen LogP contribution in [0.2, 0.25) is 0 Å². The van der Waals surface area contributed by atoms with Crippen molar-refractivity contribution in [3.05, 3.63) is 102 Å². The first-order chi connectivity index (χ1) is 19.2. The zero-order chi connectivity index (χ0) is 26.4. The van der Waals surface area contributed by atoms with E-state index in [1.165, 1.54) is 31.0 Å². The van der Waals surface area contributed by atoms with E-state index in [9.17, 15) is 4.79 Å². The number of carbonyl (C=O) groups is 1. The molecular formula is C30H29N7O2. The molecule has 0 unspecified atom stereocenters. The van der Waals surface area contributed by atoms with Gasteiger partial charge in [0, 0.05) is 17.9 Å².